The van der Waals surface area contributed by atoms with Crippen molar-refractivity contribution >= 4 is 23.4 Å². The van der Waals surface area contributed by atoms with E-state index in [1.165, 1.54) is 4.90 Å². The van der Waals surface area contributed by atoms with Crippen LogP contribution in [0.1, 0.15) is 51.4 Å². The second-order valence-electron chi connectivity index (χ2n) is 9.93. The van der Waals surface area contributed by atoms with Crippen molar-refractivity contribution in [3.63, 3.8) is 0 Å². The van der Waals surface area contributed by atoms with Gasteiger partial charge < -0.3 is 15.5 Å². The summed E-state index contributed by atoms with van der Waals surface area (Å²) in [5.41, 5.74) is 4.36. The van der Waals surface area contributed by atoms with Gasteiger partial charge in [0.2, 0.25) is 5.91 Å². The molecule has 34 heavy (non-hydrogen) atoms. The molecule has 0 aliphatic carbocycles. The normalized spacial score (nSPS) is 11.4. The molecule has 0 saturated carbocycles. The van der Waals surface area contributed by atoms with Crippen LogP contribution in [0.5, 0.6) is 0 Å². The molecule has 2 aromatic carbocycles. The van der Waals surface area contributed by atoms with E-state index in [1.54, 1.807) is 4.68 Å². The second-order valence-corrected chi connectivity index (χ2v) is 9.93. The summed E-state index contributed by atoms with van der Waals surface area (Å²) in [5, 5.41) is 10.7. The average Bonchev–Trinajstić information content (AvgIpc) is 3.16. The summed E-state index contributed by atoms with van der Waals surface area (Å²) < 4.78 is 1.76. The number of anilines is 2. The standard InChI is InChI=1S/C27H35N5O2/c1-18(2)31(26(34)28-21-13-10-11-19(3)15-21)17-25(33)29-24-16-23(27(5,6)7)30-32(24)22-14-9-8-12-20(22)4/h8-16,18H,17H2,1-7H3,(H,28,34)(H,29,33). The lowest BCUT2D eigenvalue weighted by molar-refractivity contribution is -0.117. The number of aromatic nitrogens is 2. The van der Waals surface area contributed by atoms with E-state index >= 15 is 0 Å². The molecule has 0 fully saturated rings. The second kappa shape index (κ2) is 10.1. The first-order valence-electron chi connectivity index (χ1n) is 11.6. The molecule has 2 N–H and O–H groups in total. The molecule has 3 amide bonds. The predicted molar refractivity (Wildman–Crippen MR) is 138 cm³/mol. The number of rotatable bonds is 6. The number of amides is 3. The van der Waals surface area contributed by atoms with E-state index in [-0.39, 0.29) is 29.9 Å². The highest BCUT2D eigenvalue weighted by Gasteiger charge is 2.24. The maximum atomic E-state index is 13.1. The van der Waals surface area contributed by atoms with Crippen LogP contribution in [0.2, 0.25) is 0 Å². The third-order valence-electron chi connectivity index (χ3n) is 5.56. The minimum absolute atomic E-state index is 0.0842. The molecule has 3 aromatic rings. The number of nitrogens with zero attached hydrogens (tertiary/aromatic N) is 3. The number of hydrogen-bond donors (Lipinski definition) is 2. The Morgan fingerprint density at radius 2 is 1.71 bits per heavy atom. The Bertz CT molecular complexity index is 1170. The molecule has 0 unspecified atom stereocenters. The maximum absolute atomic E-state index is 13.1. The summed E-state index contributed by atoms with van der Waals surface area (Å²) in [7, 11) is 0. The van der Waals surface area contributed by atoms with Crippen molar-refractivity contribution in [2.24, 2.45) is 0 Å². The van der Waals surface area contributed by atoms with E-state index in [1.807, 2.05) is 82.3 Å². The van der Waals surface area contributed by atoms with Gasteiger partial charge in [-0.05, 0) is 57.0 Å². The molecule has 180 valence electrons. The quantitative estimate of drug-likeness (QED) is 0.497. The molecule has 0 aliphatic rings. The van der Waals surface area contributed by atoms with Crippen molar-refractivity contribution in [1.29, 1.82) is 0 Å². The summed E-state index contributed by atoms with van der Waals surface area (Å²) in [4.78, 5) is 27.5. The molecule has 0 radical (unpaired) electrons. The van der Waals surface area contributed by atoms with E-state index in [4.69, 9.17) is 5.10 Å². The van der Waals surface area contributed by atoms with Gasteiger partial charge in [-0.25, -0.2) is 9.48 Å². The molecule has 0 bridgehead atoms. The summed E-state index contributed by atoms with van der Waals surface area (Å²) >= 11 is 0. The minimum atomic E-state index is -0.321. The smallest absolute Gasteiger partial charge is 0.313 e. The molecule has 1 heterocycles. The van der Waals surface area contributed by atoms with E-state index in [0.29, 0.717) is 11.5 Å². The number of carbonyl (C=O) groups is 2. The Hall–Kier alpha value is -3.61. The molecular formula is C27H35N5O2. The zero-order valence-corrected chi connectivity index (χ0v) is 21.1. The summed E-state index contributed by atoms with van der Waals surface area (Å²) in [6.07, 6.45) is 0. The lowest BCUT2D eigenvalue weighted by Crippen LogP contribution is -2.44. The van der Waals surface area contributed by atoms with Crippen molar-refractivity contribution in [3.8, 4) is 5.69 Å². The maximum Gasteiger partial charge on any atom is 0.322 e. The van der Waals surface area contributed by atoms with Crippen LogP contribution in [0.25, 0.3) is 5.69 Å². The zero-order chi connectivity index (χ0) is 25.0. The highest BCUT2D eigenvalue weighted by molar-refractivity contribution is 5.97. The van der Waals surface area contributed by atoms with Crippen LogP contribution < -0.4 is 10.6 Å². The van der Waals surface area contributed by atoms with Crippen LogP contribution in [-0.4, -0.2) is 39.2 Å². The third-order valence-corrected chi connectivity index (χ3v) is 5.56. The number of benzene rings is 2. The number of carbonyl (C=O) groups excluding carboxylic acids is 2. The molecule has 1 aromatic heterocycles. The molecule has 7 nitrogen and oxygen atoms in total. The van der Waals surface area contributed by atoms with Gasteiger partial charge in [0.05, 0.1) is 11.4 Å². The fourth-order valence-electron chi connectivity index (χ4n) is 3.57. The number of nitrogens with one attached hydrogen (secondary N) is 2. The van der Waals surface area contributed by atoms with Gasteiger partial charge in [0, 0.05) is 23.2 Å². The average molecular weight is 462 g/mol. The number of urea groups is 1. The van der Waals surface area contributed by atoms with Gasteiger partial charge in [0.1, 0.15) is 12.4 Å². The van der Waals surface area contributed by atoms with E-state index < -0.39 is 0 Å². The lowest BCUT2D eigenvalue weighted by atomic mass is 9.92. The molecule has 7 heteroatoms. The summed E-state index contributed by atoms with van der Waals surface area (Å²) in [6.45, 7) is 13.9. The Balaban J connectivity index is 1.82. The number of aryl methyl sites for hydroxylation is 2. The Labute approximate surface area is 202 Å². The largest absolute Gasteiger partial charge is 0.322 e. The van der Waals surface area contributed by atoms with Gasteiger partial charge >= 0.3 is 6.03 Å². The first-order chi connectivity index (χ1) is 16.0. The van der Waals surface area contributed by atoms with Crippen LogP contribution in [0.3, 0.4) is 0 Å². The minimum Gasteiger partial charge on any atom is -0.313 e. The Kier molecular flexibility index (Phi) is 7.44. The summed E-state index contributed by atoms with van der Waals surface area (Å²) in [6, 6.07) is 16.9. The fraction of sp³-hybridized carbons (Fsp3) is 0.370. The zero-order valence-electron chi connectivity index (χ0n) is 21.1. The van der Waals surface area contributed by atoms with E-state index in [9.17, 15) is 9.59 Å². The van der Waals surface area contributed by atoms with Gasteiger partial charge in [0.25, 0.3) is 0 Å². The molecule has 0 spiro atoms. The molecule has 3 rings (SSSR count). The Morgan fingerprint density at radius 1 is 1.00 bits per heavy atom. The molecular weight excluding hydrogens is 426 g/mol. The highest BCUT2D eigenvalue weighted by Crippen LogP contribution is 2.27. The molecule has 0 aliphatic heterocycles. The first kappa shape index (κ1) is 25.0. The third kappa shape index (κ3) is 6.04. The van der Waals surface area contributed by atoms with Crippen LogP contribution in [-0.2, 0) is 10.2 Å². The van der Waals surface area contributed by atoms with E-state index in [2.05, 4.69) is 31.4 Å². The Morgan fingerprint density at radius 3 is 2.32 bits per heavy atom. The fourth-order valence-corrected chi connectivity index (χ4v) is 3.57. The van der Waals surface area contributed by atoms with Crippen molar-refractivity contribution in [1.82, 2.24) is 14.7 Å². The van der Waals surface area contributed by atoms with Crippen LogP contribution in [0.4, 0.5) is 16.3 Å². The first-order valence-corrected chi connectivity index (χ1v) is 11.6. The van der Waals surface area contributed by atoms with Crippen LogP contribution >= 0.6 is 0 Å². The van der Waals surface area contributed by atoms with E-state index in [0.717, 1.165) is 22.5 Å². The van der Waals surface area contributed by atoms with Crippen LogP contribution in [0, 0.1) is 13.8 Å². The van der Waals surface area contributed by atoms with Gasteiger partial charge in [-0.2, -0.15) is 5.10 Å². The SMILES string of the molecule is Cc1cccc(NC(=O)N(CC(=O)Nc2cc(C(C)(C)C)nn2-c2ccccc2C)C(C)C)c1. The monoisotopic (exact) mass is 461 g/mol. The van der Waals surface area contributed by atoms with Crippen molar-refractivity contribution in [2.45, 2.75) is 59.9 Å². The molecule has 0 saturated heterocycles. The summed E-state index contributed by atoms with van der Waals surface area (Å²) in [5.74, 6) is 0.287. The topological polar surface area (TPSA) is 79.3 Å². The van der Waals surface area contributed by atoms with Crippen molar-refractivity contribution in [3.05, 3.63) is 71.4 Å². The van der Waals surface area contributed by atoms with Crippen LogP contribution in [0.15, 0.2) is 54.6 Å². The highest BCUT2D eigenvalue weighted by atomic mass is 16.2. The van der Waals surface area contributed by atoms with Crippen molar-refractivity contribution < 1.29 is 9.59 Å². The predicted octanol–water partition coefficient (Wildman–Crippen LogP) is 5.67. The number of para-hydroxylation sites is 1. The van der Waals surface area contributed by atoms with Gasteiger partial charge in [-0.3, -0.25) is 4.79 Å². The van der Waals surface area contributed by atoms with Crippen molar-refractivity contribution in [2.75, 3.05) is 17.2 Å². The molecule has 0 atom stereocenters. The lowest BCUT2D eigenvalue weighted by Gasteiger charge is -2.26. The van der Waals surface area contributed by atoms with Gasteiger partial charge in [0.15, 0.2) is 0 Å². The van der Waals surface area contributed by atoms with Gasteiger partial charge in [-0.1, -0.05) is 51.1 Å². The number of hydrogen-bond acceptors (Lipinski definition) is 3. The van der Waals surface area contributed by atoms with Gasteiger partial charge in [-0.15, -0.1) is 0 Å².